The molecule has 0 heterocycles. The zero-order chi connectivity index (χ0) is 8.69. The van der Waals surface area contributed by atoms with Gasteiger partial charge < -0.3 is 5.11 Å². The molecule has 1 atom stereocenters. The van der Waals surface area contributed by atoms with Gasteiger partial charge in [-0.3, -0.25) is 4.79 Å². The summed E-state index contributed by atoms with van der Waals surface area (Å²) in [6.45, 7) is 3.80. The minimum atomic E-state index is -0.752. The van der Waals surface area contributed by atoms with Crippen molar-refractivity contribution in [3.8, 4) is 0 Å². The fourth-order valence-electron chi connectivity index (χ4n) is 0.705. The van der Waals surface area contributed by atoms with Gasteiger partial charge >= 0.3 is 5.97 Å². The van der Waals surface area contributed by atoms with E-state index >= 15 is 0 Å². The van der Waals surface area contributed by atoms with E-state index in [-0.39, 0.29) is 5.92 Å². The summed E-state index contributed by atoms with van der Waals surface area (Å²) < 4.78 is 0. The summed E-state index contributed by atoms with van der Waals surface area (Å²) in [5.41, 5.74) is 0. The normalized spacial score (nSPS) is 13.6. The topological polar surface area (TPSA) is 37.3 Å². The lowest BCUT2D eigenvalue weighted by atomic mass is 10.1. The summed E-state index contributed by atoms with van der Waals surface area (Å²) >= 11 is 0. The average Bonchev–Trinajstić information content (AvgIpc) is 1.97. The van der Waals surface area contributed by atoms with Crippen molar-refractivity contribution in [1.82, 2.24) is 0 Å². The van der Waals surface area contributed by atoms with E-state index in [1.54, 1.807) is 13.0 Å². The number of aliphatic carboxylic acids is 1. The first kappa shape index (κ1) is 10.2. The van der Waals surface area contributed by atoms with Gasteiger partial charge in [0.05, 0.1) is 5.92 Å². The van der Waals surface area contributed by atoms with Gasteiger partial charge in [-0.05, 0) is 13.3 Å². The summed E-state index contributed by atoms with van der Waals surface area (Å²) in [6.07, 6.45) is 6.99. The van der Waals surface area contributed by atoms with Crippen molar-refractivity contribution in [2.45, 2.75) is 33.1 Å². The van der Waals surface area contributed by atoms with Crippen molar-refractivity contribution < 1.29 is 9.90 Å². The maximum absolute atomic E-state index is 10.3. The van der Waals surface area contributed by atoms with Gasteiger partial charge in [0.15, 0.2) is 0 Å². The van der Waals surface area contributed by atoms with E-state index in [0.717, 1.165) is 19.3 Å². The molecule has 0 saturated carbocycles. The lowest BCUT2D eigenvalue weighted by Gasteiger charge is -1.96. The number of hydrogen-bond acceptors (Lipinski definition) is 1. The van der Waals surface area contributed by atoms with Crippen molar-refractivity contribution in [3.05, 3.63) is 12.2 Å². The Morgan fingerprint density at radius 3 is 2.73 bits per heavy atom. The molecular weight excluding hydrogens is 140 g/mol. The van der Waals surface area contributed by atoms with Crippen LogP contribution in [0.2, 0.25) is 0 Å². The number of allylic oxidation sites excluding steroid dienone is 1. The van der Waals surface area contributed by atoms with E-state index in [1.165, 1.54) is 0 Å². The van der Waals surface area contributed by atoms with E-state index in [1.807, 2.05) is 6.08 Å². The first-order chi connectivity index (χ1) is 5.18. The van der Waals surface area contributed by atoms with E-state index in [2.05, 4.69) is 6.92 Å². The highest BCUT2D eigenvalue weighted by atomic mass is 16.4. The molecule has 0 fully saturated rings. The third kappa shape index (κ3) is 5.64. The standard InChI is InChI=1S/C9H16O2/c1-3-4-5-6-7-8(2)9(10)11/h6-8H,3-5H2,1-2H3,(H,10,11). The summed E-state index contributed by atoms with van der Waals surface area (Å²) in [6, 6.07) is 0. The van der Waals surface area contributed by atoms with Gasteiger partial charge in [-0.2, -0.15) is 0 Å². The second-order valence-electron chi connectivity index (χ2n) is 2.70. The maximum Gasteiger partial charge on any atom is 0.310 e. The molecule has 0 aliphatic carbocycles. The Hall–Kier alpha value is -0.790. The van der Waals surface area contributed by atoms with Crippen LogP contribution in [-0.2, 0) is 4.79 Å². The van der Waals surface area contributed by atoms with Crippen LogP contribution >= 0.6 is 0 Å². The van der Waals surface area contributed by atoms with Gasteiger partial charge in [0.2, 0.25) is 0 Å². The van der Waals surface area contributed by atoms with E-state index in [9.17, 15) is 4.79 Å². The molecule has 0 saturated heterocycles. The molecule has 2 heteroatoms. The van der Waals surface area contributed by atoms with Gasteiger partial charge in [0.25, 0.3) is 0 Å². The predicted molar refractivity (Wildman–Crippen MR) is 45.5 cm³/mol. The molecule has 0 radical (unpaired) electrons. The molecule has 64 valence electrons. The maximum atomic E-state index is 10.3. The van der Waals surface area contributed by atoms with E-state index in [4.69, 9.17) is 5.11 Å². The fourth-order valence-corrected chi connectivity index (χ4v) is 0.705. The predicted octanol–water partition coefficient (Wildman–Crippen LogP) is 2.45. The number of carboxylic acid groups (broad SMARTS) is 1. The molecule has 1 N–H and O–H groups in total. The van der Waals surface area contributed by atoms with Gasteiger partial charge in [-0.25, -0.2) is 0 Å². The van der Waals surface area contributed by atoms with Crippen LogP contribution in [-0.4, -0.2) is 11.1 Å². The quantitative estimate of drug-likeness (QED) is 0.490. The smallest absolute Gasteiger partial charge is 0.310 e. The number of carboxylic acids is 1. The van der Waals surface area contributed by atoms with Gasteiger partial charge in [-0.15, -0.1) is 0 Å². The minimum Gasteiger partial charge on any atom is -0.481 e. The van der Waals surface area contributed by atoms with Gasteiger partial charge in [-0.1, -0.05) is 31.9 Å². The molecule has 0 spiro atoms. The van der Waals surface area contributed by atoms with Crippen molar-refractivity contribution in [1.29, 1.82) is 0 Å². The summed E-state index contributed by atoms with van der Waals surface area (Å²) in [4.78, 5) is 10.3. The minimum absolute atomic E-state index is 0.341. The van der Waals surface area contributed by atoms with Crippen molar-refractivity contribution in [3.63, 3.8) is 0 Å². The first-order valence-electron chi connectivity index (χ1n) is 4.08. The van der Waals surface area contributed by atoms with Crippen LogP contribution in [0.25, 0.3) is 0 Å². The first-order valence-corrected chi connectivity index (χ1v) is 4.08. The van der Waals surface area contributed by atoms with Crippen molar-refractivity contribution in [2.75, 3.05) is 0 Å². The van der Waals surface area contributed by atoms with Crippen LogP contribution < -0.4 is 0 Å². The largest absolute Gasteiger partial charge is 0.481 e. The van der Waals surface area contributed by atoms with Crippen molar-refractivity contribution >= 4 is 5.97 Å². The van der Waals surface area contributed by atoms with E-state index < -0.39 is 5.97 Å². The molecule has 0 aromatic carbocycles. The van der Waals surface area contributed by atoms with Crippen LogP contribution in [0.15, 0.2) is 12.2 Å². The van der Waals surface area contributed by atoms with Crippen LogP contribution in [0.4, 0.5) is 0 Å². The molecule has 0 rings (SSSR count). The number of hydrogen-bond donors (Lipinski definition) is 1. The zero-order valence-corrected chi connectivity index (χ0v) is 7.21. The molecular formula is C9H16O2. The second-order valence-corrected chi connectivity index (χ2v) is 2.70. The molecule has 0 bridgehead atoms. The molecule has 0 aromatic rings. The number of unbranched alkanes of at least 4 members (excludes halogenated alkanes) is 2. The highest BCUT2D eigenvalue weighted by molar-refractivity contribution is 5.71. The molecule has 0 aromatic heterocycles. The van der Waals surface area contributed by atoms with Crippen molar-refractivity contribution in [2.24, 2.45) is 5.92 Å². The Morgan fingerprint density at radius 1 is 1.64 bits per heavy atom. The SMILES string of the molecule is CCCCC=CC(C)C(=O)O. The van der Waals surface area contributed by atoms with Gasteiger partial charge in [0, 0.05) is 0 Å². The number of carbonyl (C=O) groups is 1. The molecule has 2 nitrogen and oxygen atoms in total. The summed E-state index contributed by atoms with van der Waals surface area (Å²) in [7, 11) is 0. The molecule has 0 aliphatic heterocycles. The summed E-state index contributed by atoms with van der Waals surface area (Å²) in [5, 5.41) is 8.49. The molecule has 0 amide bonds. The summed E-state index contributed by atoms with van der Waals surface area (Å²) in [5.74, 6) is -1.09. The monoisotopic (exact) mass is 156 g/mol. The highest BCUT2D eigenvalue weighted by Gasteiger charge is 2.03. The fraction of sp³-hybridized carbons (Fsp3) is 0.667. The van der Waals surface area contributed by atoms with Crippen LogP contribution in [0.3, 0.4) is 0 Å². The highest BCUT2D eigenvalue weighted by Crippen LogP contribution is 2.00. The second kappa shape index (κ2) is 5.96. The van der Waals surface area contributed by atoms with Crippen LogP contribution in [0.5, 0.6) is 0 Å². The third-order valence-electron chi connectivity index (χ3n) is 1.54. The lowest BCUT2D eigenvalue weighted by molar-refractivity contribution is -0.139. The molecule has 1 unspecified atom stereocenters. The Bertz CT molecular complexity index is 138. The Kier molecular flexibility index (Phi) is 5.53. The van der Waals surface area contributed by atoms with Crippen LogP contribution in [0.1, 0.15) is 33.1 Å². The molecule has 11 heavy (non-hydrogen) atoms. The molecule has 0 aliphatic rings. The van der Waals surface area contributed by atoms with Gasteiger partial charge in [0.1, 0.15) is 0 Å². The Balaban J connectivity index is 3.48. The number of rotatable bonds is 5. The lowest BCUT2D eigenvalue weighted by Crippen LogP contribution is -2.05. The zero-order valence-electron chi connectivity index (χ0n) is 7.21. The Morgan fingerprint density at radius 2 is 2.27 bits per heavy atom. The third-order valence-corrected chi connectivity index (χ3v) is 1.54. The average molecular weight is 156 g/mol. The van der Waals surface area contributed by atoms with Crippen LogP contribution in [0, 0.1) is 5.92 Å². The van der Waals surface area contributed by atoms with E-state index in [0.29, 0.717) is 0 Å². The Labute approximate surface area is 67.9 Å².